The molecule has 5 N–H and O–H groups in total. The highest BCUT2D eigenvalue weighted by atomic mass is 32.2. The minimum Gasteiger partial charge on any atom is -0.478 e. The smallest absolute Gasteiger partial charge is 0.328 e. The maximum atomic E-state index is 9.55. The zero-order chi connectivity index (χ0) is 23.7. The molecule has 0 radical (unpaired) electrons. The van der Waals surface area contributed by atoms with E-state index in [0.717, 1.165) is 12.3 Å². The predicted octanol–water partition coefficient (Wildman–Crippen LogP) is 3.84. The lowest BCUT2D eigenvalue weighted by molar-refractivity contribution is -0.134. The molecule has 0 aromatic heterocycles. The van der Waals surface area contributed by atoms with Gasteiger partial charge in [0.15, 0.2) is 0 Å². The molecule has 0 amide bonds. The third kappa shape index (κ3) is 5.70. The summed E-state index contributed by atoms with van der Waals surface area (Å²) in [6, 6.07) is 28.3. The summed E-state index contributed by atoms with van der Waals surface area (Å²) in [6.45, 7) is 1.36. The molecule has 0 fully saturated rings. The highest BCUT2D eigenvalue weighted by Gasteiger charge is 2.40. The second-order valence-electron chi connectivity index (χ2n) is 7.28. The Morgan fingerprint density at radius 1 is 0.879 bits per heavy atom. The zero-order valence-electron chi connectivity index (χ0n) is 18.0. The number of carbonyl (C=O) groups is 2. The van der Waals surface area contributed by atoms with Crippen LogP contribution in [0.25, 0.3) is 0 Å². The first kappa shape index (κ1) is 24.3. The summed E-state index contributed by atoms with van der Waals surface area (Å²) in [5.41, 5.74) is 10.8. The van der Waals surface area contributed by atoms with E-state index in [-0.39, 0.29) is 5.54 Å². The molecular formula is C26H26N2O4S. The van der Waals surface area contributed by atoms with Gasteiger partial charge in [-0.2, -0.15) is 0 Å². The maximum Gasteiger partial charge on any atom is 0.328 e. The average molecular weight is 463 g/mol. The second kappa shape index (κ2) is 11.5. The molecule has 33 heavy (non-hydrogen) atoms. The molecule has 1 heterocycles. The second-order valence-corrected chi connectivity index (χ2v) is 8.30. The monoisotopic (exact) mass is 462 g/mol. The fourth-order valence-electron chi connectivity index (χ4n) is 3.91. The van der Waals surface area contributed by atoms with Crippen molar-refractivity contribution in [3.05, 3.63) is 113 Å². The Hall–Kier alpha value is -3.39. The van der Waals surface area contributed by atoms with E-state index in [2.05, 4.69) is 84.2 Å². The van der Waals surface area contributed by atoms with Crippen LogP contribution in [0.3, 0.4) is 0 Å². The van der Waals surface area contributed by atoms with Gasteiger partial charge in [0.05, 0.1) is 5.54 Å². The average Bonchev–Trinajstić information content (AvgIpc) is 2.98. The number of carboxylic acid groups (broad SMARTS) is 2. The molecule has 1 aliphatic rings. The number of rotatable bonds is 6. The van der Waals surface area contributed by atoms with Crippen LogP contribution in [0.2, 0.25) is 0 Å². The maximum absolute atomic E-state index is 9.55. The number of fused-ring (bicyclic) bond motifs is 2. The van der Waals surface area contributed by atoms with Crippen molar-refractivity contribution in [3.8, 4) is 0 Å². The summed E-state index contributed by atoms with van der Waals surface area (Å²) < 4.78 is 0. The summed E-state index contributed by atoms with van der Waals surface area (Å²) in [6.07, 6.45) is 1.12. The van der Waals surface area contributed by atoms with Gasteiger partial charge in [0.1, 0.15) is 0 Å². The van der Waals surface area contributed by atoms with Gasteiger partial charge in [-0.15, -0.1) is 11.8 Å². The van der Waals surface area contributed by atoms with Gasteiger partial charge in [-0.1, -0.05) is 72.8 Å². The van der Waals surface area contributed by atoms with Gasteiger partial charge in [-0.25, -0.2) is 9.59 Å². The molecule has 7 heteroatoms. The van der Waals surface area contributed by atoms with Crippen molar-refractivity contribution in [2.24, 2.45) is 5.73 Å². The van der Waals surface area contributed by atoms with Crippen molar-refractivity contribution in [3.63, 3.8) is 0 Å². The van der Waals surface area contributed by atoms with Gasteiger partial charge in [0.25, 0.3) is 0 Å². The van der Waals surface area contributed by atoms with E-state index in [1.165, 1.54) is 27.1 Å². The van der Waals surface area contributed by atoms with Crippen molar-refractivity contribution < 1.29 is 19.8 Å². The fourth-order valence-corrected chi connectivity index (χ4v) is 5.02. The Kier molecular flexibility index (Phi) is 8.43. The molecule has 0 spiro atoms. The van der Waals surface area contributed by atoms with Crippen LogP contribution in [0.15, 0.2) is 95.9 Å². The number of aliphatic carboxylic acids is 2. The van der Waals surface area contributed by atoms with Gasteiger partial charge >= 0.3 is 11.9 Å². The summed E-state index contributed by atoms with van der Waals surface area (Å²) in [5.74, 6) is -1.54. The first-order chi connectivity index (χ1) is 16.0. The van der Waals surface area contributed by atoms with Crippen LogP contribution in [-0.4, -0.2) is 35.2 Å². The van der Waals surface area contributed by atoms with E-state index >= 15 is 0 Å². The summed E-state index contributed by atoms with van der Waals surface area (Å²) >= 11 is 1.91. The van der Waals surface area contributed by atoms with Crippen molar-refractivity contribution in [1.82, 2.24) is 5.32 Å². The molecule has 0 bridgehead atoms. The highest BCUT2D eigenvalue weighted by molar-refractivity contribution is 7.98. The molecule has 1 aliphatic heterocycles. The van der Waals surface area contributed by atoms with Gasteiger partial charge in [-0.05, 0) is 28.3 Å². The SMILES string of the molecule is NCCNC1(c2ccccc2)c2ccccc2CSc2ccccc21.O=C(O)/C=C/C(=O)O. The number of hydrogen-bond donors (Lipinski definition) is 4. The summed E-state index contributed by atoms with van der Waals surface area (Å²) in [4.78, 5) is 20.4. The van der Waals surface area contributed by atoms with Crippen LogP contribution in [0.5, 0.6) is 0 Å². The molecule has 170 valence electrons. The van der Waals surface area contributed by atoms with Crippen LogP contribution >= 0.6 is 11.8 Å². The van der Waals surface area contributed by atoms with E-state index in [1.54, 1.807) is 0 Å². The minimum atomic E-state index is -1.26. The third-order valence-corrected chi connectivity index (χ3v) is 6.33. The lowest BCUT2D eigenvalue weighted by Gasteiger charge is -2.38. The number of thioether (sulfide) groups is 1. The van der Waals surface area contributed by atoms with Crippen molar-refractivity contribution in [2.45, 2.75) is 16.2 Å². The van der Waals surface area contributed by atoms with Crippen molar-refractivity contribution >= 4 is 23.7 Å². The Bertz CT molecular complexity index is 1070. The molecule has 1 unspecified atom stereocenters. The van der Waals surface area contributed by atoms with Gasteiger partial charge in [0.2, 0.25) is 0 Å². The Morgan fingerprint density at radius 3 is 2.09 bits per heavy atom. The van der Waals surface area contributed by atoms with Gasteiger partial charge < -0.3 is 15.9 Å². The lowest BCUT2D eigenvalue weighted by atomic mass is 9.75. The normalized spacial score (nSPS) is 16.6. The third-order valence-electron chi connectivity index (χ3n) is 5.21. The van der Waals surface area contributed by atoms with Gasteiger partial charge in [-0.3, -0.25) is 5.32 Å². The number of hydrogen-bond acceptors (Lipinski definition) is 5. The van der Waals surface area contributed by atoms with E-state index in [1.807, 2.05) is 11.8 Å². The zero-order valence-corrected chi connectivity index (χ0v) is 18.8. The Labute approximate surface area is 197 Å². The van der Waals surface area contributed by atoms with Crippen LogP contribution < -0.4 is 11.1 Å². The molecule has 3 aromatic carbocycles. The van der Waals surface area contributed by atoms with Crippen molar-refractivity contribution in [1.29, 1.82) is 0 Å². The van der Waals surface area contributed by atoms with E-state index < -0.39 is 11.9 Å². The molecule has 0 saturated heterocycles. The molecule has 3 aromatic rings. The lowest BCUT2D eigenvalue weighted by Crippen LogP contribution is -2.47. The number of benzene rings is 3. The Morgan fingerprint density at radius 2 is 1.45 bits per heavy atom. The first-order valence-electron chi connectivity index (χ1n) is 10.4. The number of nitrogens with one attached hydrogen (secondary N) is 1. The molecule has 4 rings (SSSR count). The highest BCUT2D eigenvalue weighted by Crippen LogP contribution is 2.46. The summed E-state index contributed by atoms with van der Waals surface area (Å²) in [5, 5.41) is 19.4. The molecule has 0 saturated carbocycles. The van der Waals surface area contributed by atoms with E-state index in [9.17, 15) is 9.59 Å². The Balaban J connectivity index is 0.000000331. The van der Waals surface area contributed by atoms with Crippen LogP contribution in [0.4, 0.5) is 0 Å². The van der Waals surface area contributed by atoms with Crippen LogP contribution in [0, 0.1) is 0 Å². The summed E-state index contributed by atoms with van der Waals surface area (Å²) in [7, 11) is 0. The van der Waals surface area contributed by atoms with Crippen LogP contribution in [-0.2, 0) is 20.9 Å². The largest absolute Gasteiger partial charge is 0.478 e. The molecule has 0 aliphatic carbocycles. The predicted molar refractivity (Wildman–Crippen MR) is 130 cm³/mol. The van der Waals surface area contributed by atoms with Crippen molar-refractivity contribution in [2.75, 3.05) is 13.1 Å². The molecule has 6 nitrogen and oxygen atoms in total. The van der Waals surface area contributed by atoms with E-state index in [0.29, 0.717) is 18.7 Å². The quantitative estimate of drug-likeness (QED) is 0.412. The molecular weight excluding hydrogens is 436 g/mol. The first-order valence-corrected chi connectivity index (χ1v) is 11.4. The fraction of sp³-hybridized carbons (Fsp3) is 0.154. The topological polar surface area (TPSA) is 113 Å². The molecule has 1 atom stereocenters. The number of carboxylic acids is 2. The standard InChI is InChI=1S/C22H22N2S.C4H4O4/c23-14-15-24-22(18-9-2-1-3-10-18)19-11-5-4-8-17(19)16-25-21-13-7-6-12-20(21)22;5-3(6)1-2-4(7)8/h1-13,24H,14-16,23H2;1-2H,(H,5,6)(H,7,8)/b;2-1+. The minimum absolute atomic E-state index is 0.378. The number of nitrogens with two attached hydrogens (primary N) is 1. The van der Waals surface area contributed by atoms with Crippen LogP contribution in [0.1, 0.15) is 22.3 Å². The van der Waals surface area contributed by atoms with Gasteiger partial charge in [0, 0.05) is 35.9 Å². The van der Waals surface area contributed by atoms with E-state index in [4.69, 9.17) is 15.9 Å².